The highest BCUT2D eigenvalue weighted by atomic mass is 15.1. The molecule has 4 aromatic rings. The second kappa shape index (κ2) is 30.7. The maximum absolute atomic E-state index is 2.61. The quantitative estimate of drug-likeness (QED) is 0.0409. The topological polar surface area (TPSA) is 3.24 Å². The molecular formula is C62H93N. The lowest BCUT2D eigenvalue weighted by molar-refractivity contribution is 0.397. The predicted molar refractivity (Wildman–Crippen MR) is 280 cm³/mol. The summed E-state index contributed by atoms with van der Waals surface area (Å²) < 4.78 is 0. The molecule has 1 nitrogen and oxygen atoms in total. The van der Waals surface area contributed by atoms with Gasteiger partial charge in [-0.3, -0.25) is 0 Å². The predicted octanol–water partition coefficient (Wildman–Crippen LogP) is 21.0. The molecule has 0 aliphatic heterocycles. The van der Waals surface area contributed by atoms with Gasteiger partial charge in [0.05, 0.1) is 0 Å². The third kappa shape index (κ3) is 17.2. The summed E-state index contributed by atoms with van der Waals surface area (Å²) in [6.07, 6.45) is 47.9. The summed E-state index contributed by atoms with van der Waals surface area (Å²) in [7, 11) is 0. The van der Waals surface area contributed by atoms with Crippen LogP contribution in [0.5, 0.6) is 0 Å². The monoisotopic (exact) mass is 852 g/mol. The number of benzene rings is 4. The van der Waals surface area contributed by atoms with Gasteiger partial charge < -0.3 is 4.90 Å². The van der Waals surface area contributed by atoms with E-state index in [0.29, 0.717) is 0 Å². The van der Waals surface area contributed by atoms with Gasteiger partial charge in [-0.2, -0.15) is 0 Å². The number of nitrogens with zero attached hydrogens (tertiary/aromatic N) is 1. The Morgan fingerprint density at radius 2 is 0.667 bits per heavy atom. The van der Waals surface area contributed by atoms with Gasteiger partial charge in [-0.05, 0) is 78.4 Å². The molecular weight excluding hydrogens is 759 g/mol. The molecule has 0 N–H and O–H groups in total. The summed E-state index contributed by atoms with van der Waals surface area (Å²) >= 11 is 0. The van der Waals surface area contributed by atoms with Crippen molar-refractivity contribution in [2.75, 3.05) is 4.90 Å². The van der Waals surface area contributed by atoms with Gasteiger partial charge in [-0.25, -0.2) is 0 Å². The highest BCUT2D eigenvalue weighted by Gasteiger charge is 2.42. The van der Waals surface area contributed by atoms with E-state index in [9.17, 15) is 0 Å². The van der Waals surface area contributed by atoms with Gasteiger partial charge in [0.25, 0.3) is 0 Å². The SMILES string of the molecule is CCCCCCCCCCCCCCCCCCC1(CCCCCCCCCCCCCCCCCC)c2ccccc2-c2ccc(N(c3ccccc3)c3ccc(C)cc3)cc21. The molecule has 0 atom stereocenters. The van der Waals surface area contributed by atoms with Crippen molar-refractivity contribution in [1.29, 1.82) is 0 Å². The van der Waals surface area contributed by atoms with Crippen molar-refractivity contribution < 1.29 is 0 Å². The molecule has 0 bridgehead atoms. The van der Waals surface area contributed by atoms with E-state index < -0.39 is 0 Å². The Labute approximate surface area is 389 Å². The van der Waals surface area contributed by atoms with Crippen molar-refractivity contribution in [3.05, 3.63) is 114 Å². The molecule has 0 aromatic heterocycles. The fourth-order valence-corrected chi connectivity index (χ4v) is 10.9. The van der Waals surface area contributed by atoms with Crippen LogP contribution in [0.3, 0.4) is 0 Å². The highest BCUT2D eigenvalue weighted by Crippen LogP contribution is 2.55. The summed E-state index contributed by atoms with van der Waals surface area (Å²) in [4.78, 5) is 2.48. The molecule has 1 heteroatoms. The van der Waals surface area contributed by atoms with E-state index in [-0.39, 0.29) is 5.41 Å². The molecule has 5 rings (SSSR count). The molecule has 0 unspecified atom stereocenters. The first-order chi connectivity index (χ1) is 31.2. The molecule has 0 saturated carbocycles. The van der Waals surface area contributed by atoms with Gasteiger partial charge in [-0.15, -0.1) is 0 Å². The van der Waals surface area contributed by atoms with Crippen molar-refractivity contribution in [3.63, 3.8) is 0 Å². The number of hydrogen-bond acceptors (Lipinski definition) is 1. The van der Waals surface area contributed by atoms with Crippen LogP contribution in [0, 0.1) is 6.92 Å². The summed E-state index contributed by atoms with van der Waals surface area (Å²) in [5.74, 6) is 0. The summed E-state index contributed by atoms with van der Waals surface area (Å²) in [5.41, 5.74) is 11.2. The molecule has 0 spiro atoms. The number of fused-ring (bicyclic) bond motifs is 3. The number of anilines is 3. The van der Waals surface area contributed by atoms with Gasteiger partial charge >= 0.3 is 0 Å². The Morgan fingerprint density at radius 3 is 1.11 bits per heavy atom. The van der Waals surface area contributed by atoms with Crippen LogP contribution in [0.2, 0.25) is 0 Å². The van der Waals surface area contributed by atoms with E-state index in [2.05, 4.69) is 123 Å². The number of unbranched alkanes of at least 4 members (excludes halogenated alkanes) is 30. The minimum Gasteiger partial charge on any atom is -0.310 e. The maximum atomic E-state index is 2.61. The molecule has 1 aliphatic rings. The molecule has 1 aliphatic carbocycles. The number of rotatable bonds is 37. The lowest BCUT2D eigenvalue weighted by Crippen LogP contribution is -2.26. The fraction of sp³-hybridized carbons (Fsp3) is 0.613. The van der Waals surface area contributed by atoms with Crippen molar-refractivity contribution in [3.8, 4) is 11.1 Å². The first-order valence-corrected chi connectivity index (χ1v) is 27.3. The highest BCUT2D eigenvalue weighted by molar-refractivity contribution is 5.85. The second-order valence-electron chi connectivity index (χ2n) is 20.0. The van der Waals surface area contributed by atoms with Crippen LogP contribution in [-0.2, 0) is 5.41 Å². The summed E-state index contributed by atoms with van der Waals surface area (Å²) in [6, 6.07) is 37.1. The van der Waals surface area contributed by atoms with E-state index in [4.69, 9.17) is 0 Å². The summed E-state index contributed by atoms with van der Waals surface area (Å²) in [6.45, 7) is 6.82. The largest absolute Gasteiger partial charge is 0.310 e. The molecule has 0 amide bonds. The third-order valence-electron chi connectivity index (χ3n) is 14.7. The Hall–Kier alpha value is -3.32. The molecule has 4 aromatic carbocycles. The van der Waals surface area contributed by atoms with Crippen LogP contribution < -0.4 is 4.90 Å². The van der Waals surface area contributed by atoms with E-state index >= 15 is 0 Å². The van der Waals surface area contributed by atoms with Crippen LogP contribution in [0.25, 0.3) is 11.1 Å². The Kier molecular flexibility index (Phi) is 24.7. The van der Waals surface area contributed by atoms with Gasteiger partial charge in [-0.1, -0.05) is 286 Å². The van der Waals surface area contributed by atoms with Crippen molar-refractivity contribution in [1.82, 2.24) is 0 Å². The Bertz CT molecular complexity index is 1700. The molecule has 0 radical (unpaired) electrons. The van der Waals surface area contributed by atoms with Crippen molar-refractivity contribution in [2.45, 2.75) is 244 Å². The second-order valence-corrected chi connectivity index (χ2v) is 20.0. The van der Waals surface area contributed by atoms with Gasteiger partial charge in [0.1, 0.15) is 0 Å². The lowest BCUT2D eigenvalue weighted by atomic mass is 9.70. The normalized spacial score (nSPS) is 12.7. The standard InChI is InChI=1S/C62H93N/c1-4-6-8-10-12-14-16-18-20-22-24-26-28-30-32-39-51-62(52-40-33-31-29-27-25-23-21-19-17-15-13-11-9-7-5-2)60-44-38-37-43-58(60)59-50-49-57(53-61(59)62)63(55-41-35-34-36-42-55)56-47-45-54(3)46-48-56/h34-38,41-50,53H,4-33,39-40,51-52H2,1-3H3. The van der Waals surface area contributed by atoms with Crippen molar-refractivity contribution in [2.24, 2.45) is 0 Å². The van der Waals surface area contributed by atoms with Gasteiger partial charge in [0.2, 0.25) is 0 Å². The zero-order chi connectivity index (χ0) is 44.1. The molecule has 346 valence electrons. The number of hydrogen-bond donors (Lipinski definition) is 0. The number of para-hydroxylation sites is 1. The maximum Gasteiger partial charge on any atom is 0.0465 e. The first kappa shape index (κ1) is 50.7. The van der Waals surface area contributed by atoms with Crippen LogP contribution in [-0.4, -0.2) is 0 Å². The lowest BCUT2D eigenvalue weighted by Gasteiger charge is -2.34. The van der Waals surface area contributed by atoms with Crippen LogP contribution in [0.15, 0.2) is 97.1 Å². The molecule has 0 fully saturated rings. The van der Waals surface area contributed by atoms with Crippen LogP contribution >= 0.6 is 0 Å². The fourth-order valence-electron chi connectivity index (χ4n) is 10.9. The molecule has 0 heterocycles. The smallest absolute Gasteiger partial charge is 0.0465 e. The zero-order valence-electron chi connectivity index (χ0n) is 41.2. The zero-order valence-corrected chi connectivity index (χ0v) is 41.2. The average molecular weight is 852 g/mol. The average Bonchev–Trinajstić information content (AvgIpc) is 3.58. The first-order valence-electron chi connectivity index (χ1n) is 27.3. The van der Waals surface area contributed by atoms with E-state index in [1.54, 1.807) is 11.1 Å². The number of aryl methyl sites for hydroxylation is 1. The van der Waals surface area contributed by atoms with Crippen LogP contribution in [0.1, 0.15) is 249 Å². The third-order valence-corrected chi connectivity index (χ3v) is 14.7. The summed E-state index contributed by atoms with van der Waals surface area (Å²) in [5, 5.41) is 0. The van der Waals surface area contributed by atoms with E-state index in [1.165, 1.54) is 252 Å². The van der Waals surface area contributed by atoms with Crippen molar-refractivity contribution >= 4 is 17.1 Å². The Balaban J connectivity index is 1.18. The Morgan fingerprint density at radius 1 is 0.317 bits per heavy atom. The molecule has 63 heavy (non-hydrogen) atoms. The van der Waals surface area contributed by atoms with Gasteiger partial charge in [0.15, 0.2) is 0 Å². The minimum absolute atomic E-state index is 0.0730. The van der Waals surface area contributed by atoms with Gasteiger partial charge in [0, 0.05) is 22.5 Å². The molecule has 0 saturated heterocycles. The van der Waals surface area contributed by atoms with Crippen LogP contribution in [0.4, 0.5) is 17.1 Å². The van der Waals surface area contributed by atoms with E-state index in [1.807, 2.05) is 0 Å². The minimum atomic E-state index is 0.0730. The van der Waals surface area contributed by atoms with E-state index in [0.717, 1.165) is 0 Å².